The van der Waals surface area contributed by atoms with Gasteiger partial charge in [0.25, 0.3) is 0 Å². The van der Waals surface area contributed by atoms with E-state index in [0.717, 1.165) is 6.42 Å². The maximum absolute atomic E-state index is 8.24. The van der Waals surface area contributed by atoms with E-state index in [9.17, 15) is 0 Å². The van der Waals surface area contributed by atoms with Crippen molar-refractivity contribution in [1.82, 2.24) is 0 Å². The Kier molecular flexibility index (Phi) is 3.14. The van der Waals surface area contributed by atoms with E-state index in [0.29, 0.717) is 0 Å². The molecular weight excluding hydrogens is 182 g/mol. The molecule has 1 rings (SSSR count). The van der Waals surface area contributed by atoms with Crippen molar-refractivity contribution in [3.63, 3.8) is 0 Å². The predicted molar refractivity (Wildman–Crippen MR) is 54.9 cm³/mol. The highest BCUT2D eigenvalue weighted by Crippen LogP contribution is 2.20. The van der Waals surface area contributed by atoms with Crippen molar-refractivity contribution < 1.29 is 4.43 Å². The minimum atomic E-state index is -1.46. The molecule has 0 fully saturated rings. The summed E-state index contributed by atoms with van der Waals surface area (Å²) in [4.78, 5) is 2.78. The Morgan fingerprint density at radius 2 is 2.15 bits per heavy atom. The second kappa shape index (κ2) is 3.96. The number of nitrogens with zero attached hydrogens (tertiary/aromatic N) is 3. The highest BCUT2D eigenvalue weighted by Gasteiger charge is 2.24. The number of rotatable bonds is 3. The molecule has 0 N–H and O–H groups in total. The number of azide groups is 1. The lowest BCUT2D eigenvalue weighted by atomic mass is 10.2. The molecule has 13 heavy (non-hydrogen) atoms. The van der Waals surface area contributed by atoms with E-state index in [4.69, 9.17) is 9.96 Å². The van der Waals surface area contributed by atoms with Crippen molar-refractivity contribution in [2.24, 2.45) is 5.11 Å². The molecule has 0 saturated carbocycles. The molecule has 1 aliphatic rings. The van der Waals surface area contributed by atoms with Crippen LogP contribution < -0.4 is 0 Å². The van der Waals surface area contributed by atoms with Gasteiger partial charge in [-0.05, 0) is 31.6 Å². The van der Waals surface area contributed by atoms with Gasteiger partial charge in [0, 0.05) is 4.91 Å². The molecule has 0 aromatic rings. The van der Waals surface area contributed by atoms with E-state index in [2.05, 4.69) is 29.7 Å². The van der Waals surface area contributed by atoms with E-state index in [1.54, 1.807) is 0 Å². The summed E-state index contributed by atoms with van der Waals surface area (Å²) >= 11 is 0. The van der Waals surface area contributed by atoms with Crippen molar-refractivity contribution in [3.05, 3.63) is 22.6 Å². The third kappa shape index (κ3) is 3.63. The monoisotopic (exact) mass is 197 g/mol. The van der Waals surface area contributed by atoms with E-state index in [1.807, 2.05) is 12.2 Å². The van der Waals surface area contributed by atoms with Crippen LogP contribution >= 0.6 is 0 Å². The second-order valence-electron chi connectivity index (χ2n) is 4.16. The van der Waals surface area contributed by atoms with Crippen LogP contribution in [0.15, 0.2) is 17.3 Å². The molecule has 0 aliphatic heterocycles. The SMILES string of the molecule is C[Si](C)(C)O[C@H]1C=C[C@@H](N=[N+]=[N-])C1. The molecule has 72 valence electrons. The molecule has 0 amide bonds. The number of hydrogen-bond acceptors (Lipinski definition) is 2. The molecule has 0 unspecified atom stereocenters. The molecule has 0 radical (unpaired) electrons. The molecule has 0 aromatic heterocycles. The van der Waals surface area contributed by atoms with Crippen molar-refractivity contribution in [2.45, 2.75) is 38.2 Å². The average Bonchev–Trinajstić information content (AvgIpc) is 2.33. The zero-order chi connectivity index (χ0) is 9.90. The molecule has 0 saturated heterocycles. The maximum atomic E-state index is 8.24. The zero-order valence-electron chi connectivity index (χ0n) is 8.27. The molecule has 1 aliphatic carbocycles. The quantitative estimate of drug-likeness (QED) is 0.226. The zero-order valence-corrected chi connectivity index (χ0v) is 9.27. The summed E-state index contributed by atoms with van der Waals surface area (Å²) in [6.45, 7) is 6.46. The lowest BCUT2D eigenvalue weighted by Crippen LogP contribution is -2.30. The molecule has 4 nitrogen and oxygen atoms in total. The Bertz CT molecular complexity index is 253. The van der Waals surface area contributed by atoms with Gasteiger partial charge in [0.1, 0.15) is 0 Å². The highest BCUT2D eigenvalue weighted by atomic mass is 28.4. The molecular formula is C8H15N3OSi. The molecule has 0 bridgehead atoms. The molecule has 0 heterocycles. The maximum Gasteiger partial charge on any atom is 0.184 e. The first-order valence-electron chi connectivity index (χ1n) is 4.41. The predicted octanol–water partition coefficient (Wildman–Crippen LogP) is 2.85. The molecule has 5 heteroatoms. The minimum Gasteiger partial charge on any atom is -0.411 e. The van der Waals surface area contributed by atoms with Crippen LogP contribution in [-0.4, -0.2) is 20.5 Å². The summed E-state index contributed by atoms with van der Waals surface area (Å²) in [5.41, 5.74) is 8.24. The van der Waals surface area contributed by atoms with Crippen LogP contribution in [0.4, 0.5) is 0 Å². The topological polar surface area (TPSA) is 58.0 Å². The lowest BCUT2D eigenvalue weighted by molar-refractivity contribution is 0.237. The van der Waals surface area contributed by atoms with Crippen LogP contribution in [0.2, 0.25) is 19.6 Å². The van der Waals surface area contributed by atoms with Crippen LogP contribution in [0.3, 0.4) is 0 Å². The van der Waals surface area contributed by atoms with E-state index >= 15 is 0 Å². The van der Waals surface area contributed by atoms with Crippen LogP contribution in [0.5, 0.6) is 0 Å². The van der Waals surface area contributed by atoms with Gasteiger partial charge < -0.3 is 4.43 Å². The molecule has 0 spiro atoms. The summed E-state index contributed by atoms with van der Waals surface area (Å²) in [5, 5.41) is 3.63. The standard InChI is InChI=1S/C8H15N3OSi/c1-13(2,3)12-8-5-4-7(6-8)10-11-9/h4-5,7-8H,6H2,1-3H3/t7-,8+/m1/s1. The van der Waals surface area contributed by atoms with E-state index in [-0.39, 0.29) is 12.1 Å². The fourth-order valence-corrected chi connectivity index (χ4v) is 2.42. The largest absolute Gasteiger partial charge is 0.411 e. The van der Waals surface area contributed by atoms with Gasteiger partial charge in [-0.1, -0.05) is 17.3 Å². The van der Waals surface area contributed by atoms with Gasteiger partial charge in [0.05, 0.1) is 12.1 Å². The fourth-order valence-electron chi connectivity index (χ4n) is 1.34. The first-order chi connectivity index (χ1) is 6.01. The third-order valence-electron chi connectivity index (χ3n) is 1.73. The average molecular weight is 197 g/mol. The van der Waals surface area contributed by atoms with E-state index in [1.165, 1.54) is 0 Å². The normalized spacial score (nSPS) is 27.3. The second-order valence-corrected chi connectivity index (χ2v) is 8.62. The van der Waals surface area contributed by atoms with Crippen molar-refractivity contribution >= 4 is 8.32 Å². The first kappa shape index (κ1) is 10.3. The Balaban J connectivity index is 2.43. The Labute approximate surface area is 79.3 Å². The Morgan fingerprint density at radius 1 is 1.46 bits per heavy atom. The Morgan fingerprint density at radius 3 is 2.69 bits per heavy atom. The summed E-state index contributed by atoms with van der Waals surface area (Å²) < 4.78 is 5.84. The molecule has 0 aromatic carbocycles. The van der Waals surface area contributed by atoms with Crippen LogP contribution in [0.25, 0.3) is 10.4 Å². The smallest absolute Gasteiger partial charge is 0.184 e. The minimum absolute atomic E-state index is 0.00801. The van der Waals surface area contributed by atoms with Crippen LogP contribution in [0, 0.1) is 0 Å². The summed E-state index contributed by atoms with van der Waals surface area (Å²) in [7, 11) is -1.46. The third-order valence-corrected chi connectivity index (χ3v) is 2.74. The molecule has 2 atom stereocenters. The number of hydrogen-bond donors (Lipinski definition) is 0. The van der Waals surface area contributed by atoms with Crippen molar-refractivity contribution in [1.29, 1.82) is 0 Å². The van der Waals surface area contributed by atoms with Crippen molar-refractivity contribution in [2.75, 3.05) is 0 Å². The van der Waals surface area contributed by atoms with Gasteiger partial charge in [-0.15, -0.1) is 0 Å². The Hall–Kier alpha value is -0.773. The lowest BCUT2D eigenvalue weighted by Gasteiger charge is -2.22. The fraction of sp³-hybridized carbons (Fsp3) is 0.750. The van der Waals surface area contributed by atoms with Gasteiger partial charge >= 0.3 is 0 Å². The van der Waals surface area contributed by atoms with Gasteiger partial charge in [-0.25, -0.2) is 0 Å². The van der Waals surface area contributed by atoms with Gasteiger partial charge in [-0.2, -0.15) is 0 Å². The van der Waals surface area contributed by atoms with Gasteiger partial charge in [0.2, 0.25) is 0 Å². The first-order valence-corrected chi connectivity index (χ1v) is 7.82. The van der Waals surface area contributed by atoms with Gasteiger partial charge in [0.15, 0.2) is 8.32 Å². The van der Waals surface area contributed by atoms with Crippen LogP contribution in [0.1, 0.15) is 6.42 Å². The highest BCUT2D eigenvalue weighted by molar-refractivity contribution is 6.69. The van der Waals surface area contributed by atoms with Crippen LogP contribution in [-0.2, 0) is 4.43 Å². The van der Waals surface area contributed by atoms with E-state index < -0.39 is 8.32 Å². The summed E-state index contributed by atoms with van der Waals surface area (Å²) in [6.07, 6.45) is 4.87. The van der Waals surface area contributed by atoms with Crippen molar-refractivity contribution in [3.8, 4) is 0 Å². The van der Waals surface area contributed by atoms with Gasteiger partial charge in [-0.3, -0.25) is 0 Å². The summed E-state index contributed by atoms with van der Waals surface area (Å²) in [6, 6.07) is -0.00801. The summed E-state index contributed by atoms with van der Waals surface area (Å²) in [5.74, 6) is 0.